The molecular weight excluding hydrogens is 206 g/mol. The number of hydrogen-bond acceptors (Lipinski definition) is 3. The lowest BCUT2D eigenvalue weighted by Crippen LogP contribution is -2.14. The van der Waals surface area contributed by atoms with Crippen LogP contribution in [0.2, 0.25) is 0 Å². The molecule has 0 amide bonds. The molecule has 0 radical (unpaired) electrons. The fraction of sp³-hybridized carbons (Fsp3) is 0.727. The highest BCUT2D eigenvalue weighted by atomic mass is 16.4. The Kier molecular flexibility index (Phi) is 4.46. The molecule has 5 nitrogen and oxygen atoms in total. The van der Waals surface area contributed by atoms with E-state index in [0.717, 1.165) is 25.1 Å². The van der Waals surface area contributed by atoms with Gasteiger partial charge in [-0.3, -0.25) is 0 Å². The zero-order chi connectivity index (χ0) is 12.1. The Labute approximate surface area is 95.5 Å². The van der Waals surface area contributed by atoms with Crippen LogP contribution in [0.25, 0.3) is 0 Å². The first-order valence-corrected chi connectivity index (χ1v) is 5.79. The Morgan fingerprint density at radius 1 is 1.38 bits per heavy atom. The van der Waals surface area contributed by atoms with Crippen LogP contribution in [0, 0.1) is 5.92 Å². The summed E-state index contributed by atoms with van der Waals surface area (Å²) in [6, 6.07) is 0. The van der Waals surface area contributed by atoms with Gasteiger partial charge < -0.3 is 5.11 Å². The summed E-state index contributed by atoms with van der Waals surface area (Å²) < 4.78 is 1.74. The van der Waals surface area contributed by atoms with Gasteiger partial charge in [0, 0.05) is 6.54 Å². The molecule has 0 unspecified atom stereocenters. The maximum Gasteiger partial charge on any atom is 0.358 e. The highest BCUT2D eigenvalue weighted by molar-refractivity contribution is 5.86. The van der Waals surface area contributed by atoms with E-state index in [2.05, 4.69) is 24.2 Å². The van der Waals surface area contributed by atoms with Crippen LogP contribution >= 0.6 is 0 Å². The van der Waals surface area contributed by atoms with E-state index in [1.165, 1.54) is 0 Å². The summed E-state index contributed by atoms with van der Waals surface area (Å²) in [5, 5.41) is 16.6. The molecule has 0 saturated carbocycles. The number of carbonyl (C=O) groups is 1. The highest BCUT2D eigenvalue weighted by Crippen LogP contribution is 2.14. The first-order valence-electron chi connectivity index (χ1n) is 5.79. The number of hydrogen-bond donors (Lipinski definition) is 1. The molecule has 0 aliphatic rings. The van der Waals surface area contributed by atoms with E-state index in [9.17, 15) is 4.79 Å². The van der Waals surface area contributed by atoms with Crippen LogP contribution in [0.3, 0.4) is 0 Å². The van der Waals surface area contributed by atoms with E-state index in [1.54, 1.807) is 4.68 Å². The lowest BCUT2D eigenvalue weighted by Gasteiger charge is -2.13. The van der Waals surface area contributed by atoms with Gasteiger partial charge in [-0.15, -0.1) is 5.10 Å². The Hall–Kier alpha value is -1.39. The van der Waals surface area contributed by atoms with Crippen LogP contribution in [0.15, 0.2) is 0 Å². The monoisotopic (exact) mass is 225 g/mol. The second-order valence-electron chi connectivity index (χ2n) is 3.91. The molecule has 5 heteroatoms. The minimum atomic E-state index is -0.993. The van der Waals surface area contributed by atoms with E-state index in [-0.39, 0.29) is 5.69 Å². The summed E-state index contributed by atoms with van der Waals surface area (Å²) in [7, 11) is 0. The summed E-state index contributed by atoms with van der Waals surface area (Å²) in [6.07, 6.45) is 2.79. The van der Waals surface area contributed by atoms with E-state index >= 15 is 0 Å². The molecule has 1 heterocycles. The molecule has 1 rings (SSSR count). The van der Waals surface area contributed by atoms with E-state index in [0.29, 0.717) is 12.3 Å². The second-order valence-corrected chi connectivity index (χ2v) is 3.91. The minimum Gasteiger partial charge on any atom is -0.476 e. The molecule has 0 saturated heterocycles. The van der Waals surface area contributed by atoms with Gasteiger partial charge in [0.05, 0.1) is 5.69 Å². The summed E-state index contributed by atoms with van der Waals surface area (Å²) in [4.78, 5) is 10.9. The summed E-state index contributed by atoms with van der Waals surface area (Å²) >= 11 is 0. The second kappa shape index (κ2) is 5.63. The molecule has 0 spiro atoms. The van der Waals surface area contributed by atoms with Crippen LogP contribution in [-0.2, 0) is 13.0 Å². The zero-order valence-corrected chi connectivity index (χ0v) is 10.1. The zero-order valence-electron chi connectivity index (χ0n) is 10.1. The van der Waals surface area contributed by atoms with Gasteiger partial charge in [-0.2, -0.15) is 0 Å². The Morgan fingerprint density at radius 3 is 2.44 bits per heavy atom. The molecule has 16 heavy (non-hydrogen) atoms. The van der Waals surface area contributed by atoms with Gasteiger partial charge in [-0.1, -0.05) is 38.8 Å². The molecule has 0 fully saturated rings. The smallest absolute Gasteiger partial charge is 0.358 e. The first-order chi connectivity index (χ1) is 7.63. The first kappa shape index (κ1) is 12.7. The van der Waals surface area contributed by atoms with Crippen molar-refractivity contribution in [3.05, 3.63) is 11.4 Å². The standard InChI is InChI=1S/C11H19N3O2/c1-4-8(5-2)7-14-9(6-3)10(11(15)16)12-13-14/h8H,4-7H2,1-3H3,(H,15,16). The van der Waals surface area contributed by atoms with Gasteiger partial charge in [-0.25, -0.2) is 9.48 Å². The van der Waals surface area contributed by atoms with Crippen molar-refractivity contribution < 1.29 is 9.90 Å². The molecule has 1 N–H and O–H groups in total. The quantitative estimate of drug-likeness (QED) is 0.803. The van der Waals surface area contributed by atoms with E-state index in [1.807, 2.05) is 6.92 Å². The van der Waals surface area contributed by atoms with Crippen LogP contribution in [0.4, 0.5) is 0 Å². The van der Waals surface area contributed by atoms with Crippen LogP contribution < -0.4 is 0 Å². The van der Waals surface area contributed by atoms with Crippen LogP contribution in [-0.4, -0.2) is 26.1 Å². The highest BCUT2D eigenvalue weighted by Gasteiger charge is 2.18. The van der Waals surface area contributed by atoms with Crippen LogP contribution in [0.5, 0.6) is 0 Å². The lowest BCUT2D eigenvalue weighted by molar-refractivity contribution is 0.0689. The Bertz CT molecular complexity index is 356. The molecule has 0 aromatic carbocycles. The van der Waals surface area contributed by atoms with Crippen molar-refractivity contribution in [1.82, 2.24) is 15.0 Å². The predicted octanol–water partition coefficient (Wildman–Crippen LogP) is 1.97. The fourth-order valence-corrected chi connectivity index (χ4v) is 1.79. The summed E-state index contributed by atoms with van der Waals surface area (Å²) in [6.45, 7) is 6.95. The third kappa shape index (κ3) is 2.59. The van der Waals surface area contributed by atoms with Crippen molar-refractivity contribution in [3.8, 4) is 0 Å². The third-order valence-electron chi connectivity index (χ3n) is 2.96. The maximum atomic E-state index is 10.9. The van der Waals surface area contributed by atoms with Crippen LogP contribution in [0.1, 0.15) is 49.8 Å². The van der Waals surface area contributed by atoms with Crippen molar-refractivity contribution in [2.45, 2.75) is 46.6 Å². The Balaban J connectivity index is 2.92. The van der Waals surface area contributed by atoms with Crippen molar-refractivity contribution in [2.24, 2.45) is 5.92 Å². The number of carboxylic acids is 1. The number of nitrogens with zero attached hydrogens (tertiary/aromatic N) is 3. The van der Waals surface area contributed by atoms with Crippen molar-refractivity contribution in [2.75, 3.05) is 0 Å². The largest absolute Gasteiger partial charge is 0.476 e. The van der Waals surface area contributed by atoms with E-state index < -0.39 is 5.97 Å². The fourth-order valence-electron chi connectivity index (χ4n) is 1.79. The van der Waals surface area contributed by atoms with Crippen molar-refractivity contribution in [3.63, 3.8) is 0 Å². The summed E-state index contributed by atoms with van der Waals surface area (Å²) in [5.74, 6) is -0.457. The Morgan fingerprint density at radius 2 is 2.00 bits per heavy atom. The SMILES string of the molecule is CCc1c(C(=O)O)nnn1CC(CC)CC. The number of carboxylic acid groups (broad SMARTS) is 1. The minimum absolute atomic E-state index is 0.0912. The van der Waals surface area contributed by atoms with Gasteiger partial charge in [-0.05, 0) is 12.3 Å². The maximum absolute atomic E-state index is 10.9. The van der Waals surface area contributed by atoms with Gasteiger partial charge in [0.25, 0.3) is 0 Å². The third-order valence-corrected chi connectivity index (χ3v) is 2.96. The average Bonchev–Trinajstić information content (AvgIpc) is 2.68. The molecule has 0 aliphatic heterocycles. The lowest BCUT2D eigenvalue weighted by atomic mass is 10.0. The molecule has 90 valence electrons. The van der Waals surface area contributed by atoms with Gasteiger partial charge in [0.15, 0.2) is 5.69 Å². The molecule has 1 aromatic heterocycles. The molecule has 0 aliphatic carbocycles. The normalized spacial score (nSPS) is 11.0. The van der Waals surface area contributed by atoms with Crippen molar-refractivity contribution >= 4 is 5.97 Å². The van der Waals surface area contributed by atoms with E-state index in [4.69, 9.17) is 5.11 Å². The molecule has 0 bridgehead atoms. The van der Waals surface area contributed by atoms with Gasteiger partial charge >= 0.3 is 5.97 Å². The molecular formula is C11H19N3O2. The number of rotatable bonds is 6. The number of aromatic nitrogens is 3. The average molecular weight is 225 g/mol. The van der Waals surface area contributed by atoms with Crippen molar-refractivity contribution in [1.29, 1.82) is 0 Å². The summed E-state index contributed by atoms with van der Waals surface area (Å²) in [5.41, 5.74) is 0.813. The number of aromatic carboxylic acids is 1. The molecule has 0 atom stereocenters. The van der Waals surface area contributed by atoms with Gasteiger partial charge in [0.2, 0.25) is 0 Å². The molecule has 1 aromatic rings. The topological polar surface area (TPSA) is 68.0 Å². The van der Waals surface area contributed by atoms with Gasteiger partial charge in [0.1, 0.15) is 0 Å². The predicted molar refractivity (Wildman–Crippen MR) is 60.4 cm³/mol.